The van der Waals surface area contributed by atoms with Crippen molar-refractivity contribution in [1.29, 1.82) is 5.41 Å². The molecule has 0 saturated carbocycles. The minimum atomic E-state index is 0.362. The molecule has 0 bridgehead atoms. The highest BCUT2D eigenvalue weighted by Crippen LogP contribution is 2.26. The van der Waals surface area contributed by atoms with Gasteiger partial charge in [-0.2, -0.15) is 0 Å². The predicted molar refractivity (Wildman–Crippen MR) is 132 cm³/mol. The summed E-state index contributed by atoms with van der Waals surface area (Å²) in [7, 11) is 5.09. The molecule has 3 rings (SSSR count). The summed E-state index contributed by atoms with van der Waals surface area (Å²) < 4.78 is 16.1. The maximum absolute atomic E-state index is 8.30. The van der Waals surface area contributed by atoms with E-state index in [0.717, 1.165) is 22.3 Å². The third-order valence-corrected chi connectivity index (χ3v) is 4.84. The van der Waals surface area contributed by atoms with Crippen LogP contribution in [0.3, 0.4) is 0 Å². The summed E-state index contributed by atoms with van der Waals surface area (Å²) in [6.07, 6.45) is 11.3. The summed E-state index contributed by atoms with van der Waals surface area (Å²) in [5.74, 6) is 1.40. The lowest BCUT2D eigenvalue weighted by Crippen LogP contribution is -2.05. The average Bonchev–Trinajstić information content (AvgIpc) is 3.28. The van der Waals surface area contributed by atoms with Gasteiger partial charge < -0.3 is 29.9 Å². The quantitative estimate of drug-likeness (QED) is 0.225. The van der Waals surface area contributed by atoms with Crippen LogP contribution < -0.4 is 14.8 Å². The van der Waals surface area contributed by atoms with Crippen molar-refractivity contribution in [1.82, 2.24) is 10.3 Å². The Morgan fingerprint density at radius 2 is 1.91 bits per heavy atom. The molecule has 3 N–H and O–H groups in total. The Morgan fingerprint density at radius 3 is 2.69 bits per heavy atom. The van der Waals surface area contributed by atoms with Crippen LogP contribution in [0.15, 0.2) is 72.6 Å². The summed E-state index contributed by atoms with van der Waals surface area (Å²) in [5, 5.41) is 12.6. The average molecular weight is 432 g/mol. The maximum Gasteiger partial charge on any atom is 0.129 e. The van der Waals surface area contributed by atoms with Crippen LogP contribution >= 0.6 is 0 Å². The van der Waals surface area contributed by atoms with Gasteiger partial charge in [0.05, 0.1) is 19.4 Å². The largest absolute Gasteiger partial charge is 0.496 e. The van der Waals surface area contributed by atoms with E-state index < -0.39 is 0 Å². The van der Waals surface area contributed by atoms with Gasteiger partial charge in [-0.3, -0.25) is 0 Å². The molecule has 32 heavy (non-hydrogen) atoms. The van der Waals surface area contributed by atoms with E-state index >= 15 is 0 Å². The van der Waals surface area contributed by atoms with Crippen molar-refractivity contribution >= 4 is 28.8 Å². The smallest absolute Gasteiger partial charge is 0.129 e. The molecule has 0 aliphatic heterocycles. The van der Waals surface area contributed by atoms with E-state index in [1.165, 1.54) is 5.39 Å². The molecule has 6 nitrogen and oxygen atoms in total. The molecular weight excluding hydrogens is 402 g/mol. The lowest BCUT2D eigenvalue weighted by Gasteiger charge is -2.09. The van der Waals surface area contributed by atoms with E-state index in [9.17, 15) is 0 Å². The zero-order valence-electron chi connectivity index (χ0n) is 18.6. The number of benzene rings is 2. The van der Waals surface area contributed by atoms with E-state index in [-0.39, 0.29) is 0 Å². The highest BCUT2D eigenvalue weighted by Gasteiger charge is 2.03. The van der Waals surface area contributed by atoms with Crippen molar-refractivity contribution in [3.63, 3.8) is 0 Å². The van der Waals surface area contributed by atoms with Crippen molar-refractivity contribution in [2.24, 2.45) is 0 Å². The van der Waals surface area contributed by atoms with Crippen LogP contribution in [-0.2, 0) is 4.74 Å². The first-order valence-corrected chi connectivity index (χ1v) is 10.3. The highest BCUT2D eigenvalue weighted by molar-refractivity contribution is 6.05. The van der Waals surface area contributed by atoms with Gasteiger partial charge in [-0.05, 0) is 59.5 Å². The number of rotatable bonds is 11. The maximum atomic E-state index is 8.30. The van der Waals surface area contributed by atoms with Crippen LogP contribution in [0.1, 0.15) is 11.1 Å². The molecule has 0 saturated heterocycles. The second kappa shape index (κ2) is 11.6. The molecule has 1 heterocycles. The van der Waals surface area contributed by atoms with E-state index in [2.05, 4.69) is 28.5 Å². The van der Waals surface area contributed by atoms with Gasteiger partial charge in [0, 0.05) is 43.2 Å². The third-order valence-electron chi connectivity index (χ3n) is 4.84. The SMILES string of the molecule is CNC(=C\C(=N)/C=C/c1ccc(OCCOC)cc1OC)/C=C/c1ccc2cc[nH]c2c1. The fraction of sp³-hybridized carbons (Fsp3) is 0.192. The van der Waals surface area contributed by atoms with Crippen LogP contribution in [0.4, 0.5) is 0 Å². The molecule has 0 amide bonds. The Hall–Kier alpha value is -3.77. The monoisotopic (exact) mass is 431 g/mol. The van der Waals surface area contributed by atoms with E-state index in [1.54, 1.807) is 26.4 Å². The molecule has 0 radical (unpaired) electrons. The van der Waals surface area contributed by atoms with Crippen molar-refractivity contribution in [2.45, 2.75) is 0 Å². The predicted octanol–water partition coefficient (Wildman–Crippen LogP) is 5.05. The van der Waals surface area contributed by atoms with Gasteiger partial charge in [0.15, 0.2) is 0 Å². The summed E-state index contributed by atoms with van der Waals surface area (Å²) in [4.78, 5) is 3.22. The Balaban J connectivity index is 1.67. The number of H-pyrrole nitrogens is 1. The van der Waals surface area contributed by atoms with Gasteiger partial charge in [-0.25, -0.2) is 0 Å². The Labute approximate surface area is 188 Å². The highest BCUT2D eigenvalue weighted by atomic mass is 16.5. The zero-order valence-corrected chi connectivity index (χ0v) is 18.6. The molecule has 3 aromatic rings. The number of allylic oxidation sites excluding steroid dienone is 3. The molecule has 0 fully saturated rings. The summed E-state index contributed by atoms with van der Waals surface area (Å²) in [6, 6.07) is 13.9. The van der Waals surface area contributed by atoms with Crippen LogP contribution in [0.25, 0.3) is 23.1 Å². The second-order valence-electron chi connectivity index (χ2n) is 7.04. The molecule has 0 atom stereocenters. The number of hydrogen-bond acceptors (Lipinski definition) is 5. The summed E-state index contributed by atoms with van der Waals surface area (Å²) in [5.41, 5.74) is 4.24. The van der Waals surface area contributed by atoms with Crippen LogP contribution in [-0.4, -0.2) is 45.2 Å². The molecule has 2 aromatic carbocycles. The molecule has 0 aliphatic rings. The lowest BCUT2D eigenvalue weighted by atomic mass is 10.1. The van der Waals surface area contributed by atoms with Crippen LogP contribution in [0.5, 0.6) is 11.5 Å². The first kappa shape index (κ1) is 22.9. The molecule has 0 unspecified atom stereocenters. The Bertz CT molecular complexity index is 1140. The van der Waals surface area contributed by atoms with E-state index in [4.69, 9.17) is 19.6 Å². The Morgan fingerprint density at radius 1 is 1.03 bits per heavy atom. The van der Waals surface area contributed by atoms with Crippen LogP contribution in [0.2, 0.25) is 0 Å². The van der Waals surface area contributed by atoms with Crippen molar-refractivity contribution in [3.8, 4) is 11.5 Å². The van der Waals surface area contributed by atoms with Crippen molar-refractivity contribution < 1.29 is 14.2 Å². The normalized spacial score (nSPS) is 12.0. The fourth-order valence-corrected chi connectivity index (χ4v) is 3.12. The van der Waals surface area contributed by atoms with Gasteiger partial charge in [0.2, 0.25) is 0 Å². The number of fused-ring (bicyclic) bond motifs is 1. The third kappa shape index (κ3) is 6.36. The minimum Gasteiger partial charge on any atom is -0.496 e. The molecule has 0 aliphatic carbocycles. The van der Waals surface area contributed by atoms with Gasteiger partial charge >= 0.3 is 0 Å². The lowest BCUT2D eigenvalue weighted by molar-refractivity contribution is 0.146. The molecule has 1 aromatic heterocycles. The zero-order chi connectivity index (χ0) is 22.8. The number of aromatic nitrogens is 1. The van der Waals surface area contributed by atoms with Gasteiger partial charge in [0.25, 0.3) is 0 Å². The molecule has 166 valence electrons. The second-order valence-corrected chi connectivity index (χ2v) is 7.04. The molecular formula is C26H29N3O3. The van der Waals surface area contributed by atoms with Gasteiger partial charge in [-0.15, -0.1) is 0 Å². The number of nitrogens with one attached hydrogen (secondary N) is 3. The molecule has 0 spiro atoms. The Kier molecular flexibility index (Phi) is 8.29. The van der Waals surface area contributed by atoms with E-state index in [0.29, 0.717) is 30.4 Å². The van der Waals surface area contributed by atoms with Crippen molar-refractivity contribution in [3.05, 3.63) is 83.7 Å². The minimum absolute atomic E-state index is 0.362. The number of aromatic amines is 1. The standard InChI is InChI=1S/C26H29N3O3/c1-28-23(10-5-19-4-6-20-12-13-29-25(20)16-19)17-22(27)9-7-21-8-11-24(18-26(21)31-3)32-15-14-30-2/h4-13,16-18,27-29H,14-15H2,1-3H3/b9-7+,10-5+,23-17-,27-22?. The van der Waals surface area contributed by atoms with Gasteiger partial charge in [-0.1, -0.05) is 18.2 Å². The number of hydrogen-bond donors (Lipinski definition) is 3. The van der Waals surface area contributed by atoms with Gasteiger partial charge in [0.1, 0.15) is 18.1 Å². The molecule has 6 heteroatoms. The topological polar surface area (TPSA) is 79.4 Å². The first-order valence-electron chi connectivity index (χ1n) is 10.3. The number of likely N-dealkylation sites (N-methyl/N-ethyl adjacent to an activating group) is 1. The number of methoxy groups -OCH3 is 2. The number of ether oxygens (including phenoxy) is 3. The van der Waals surface area contributed by atoms with E-state index in [1.807, 2.05) is 55.7 Å². The summed E-state index contributed by atoms with van der Waals surface area (Å²) >= 11 is 0. The first-order chi connectivity index (χ1) is 15.6. The van der Waals surface area contributed by atoms with Crippen LogP contribution in [0, 0.1) is 5.41 Å². The summed E-state index contributed by atoms with van der Waals surface area (Å²) in [6.45, 7) is 1.000. The van der Waals surface area contributed by atoms with Crippen molar-refractivity contribution in [2.75, 3.05) is 34.5 Å². The fourth-order valence-electron chi connectivity index (χ4n) is 3.12.